The van der Waals surface area contributed by atoms with Crippen LogP contribution in [0.2, 0.25) is 0 Å². The summed E-state index contributed by atoms with van der Waals surface area (Å²) < 4.78 is 3.30. The molecule has 116 valence electrons. The van der Waals surface area contributed by atoms with Crippen molar-refractivity contribution in [1.29, 1.82) is 5.26 Å². The Morgan fingerprint density at radius 1 is 1.48 bits per heavy atom. The largest absolute Gasteiger partial charge is 0.317 e. The minimum Gasteiger partial charge on any atom is -0.317 e. The molecule has 0 bridgehead atoms. The molecule has 0 aliphatic rings. The first-order chi connectivity index (χ1) is 11.0. The topological polar surface area (TPSA) is 88.1 Å². The second-order valence-electron chi connectivity index (χ2n) is 5.77. The van der Waals surface area contributed by atoms with E-state index in [4.69, 9.17) is 5.73 Å². The molecule has 6 heteroatoms. The third-order valence-corrected chi connectivity index (χ3v) is 4.19. The fraction of sp³-hybridized carbons (Fsp3) is 0.294. The first-order valence-corrected chi connectivity index (χ1v) is 7.54. The van der Waals surface area contributed by atoms with Gasteiger partial charge in [-0.05, 0) is 38.0 Å². The summed E-state index contributed by atoms with van der Waals surface area (Å²) in [4.78, 5) is 17.5. The first kappa shape index (κ1) is 15.0. The van der Waals surface area contributed by atoms with E-state index >= 15 is 0 Å². The van der Waals surface area contributed by atoms with Crippen LogP contribution >= 0.6 is 0 Å². The fourth-order valence-electron chi connectivity index (χ4n) is 2.74. The van der Waals surface area contributed by atoms with Crippen LogP contribution in [0.4, 0.5) is 5.82 Å². The van der Waals surface area contributed by atoms with Crippen LogP contribution in [0.15, 0.2) is 29.2 Å². The van der Waals surface area contributed by atoms with E-state index in [0.717, 1.165) is 12.0 Å². The van der Waals surface area contributed by atoms with Gasteiger partial charge in [-0.25, -0.2) is 4.57 Å². The molecule has 2 N–H and O–H groups in total. The molecular weight excluding hydrogens is 290 g/mol. The Hall–Kier alpha value is -2.94. The van der Waals surface area contributed by atoms with Gasteiger partial charge in [0.15, 0.2) is 0 Å². The quantitative estimate of drug-likeness (QED) is 0.578. The number of nitriles is 1. The summed E-state index contributed by atoms with van der Waals surface area (Å²) in [6.07, 6.45) is 2.56. The van der Waals surface area contributed by atoms with Gasteiger partial charge in [0, 0.05) is 6.20 Å². The minimum atomic E-state index is -0.192. The van der Waals surface area contributed by atoms with Crippen molar-refractivity contribution in [3.8, 4) is 6.07 Å². The molecule has 0 aliphatic heterocycles. The molecule has 0 amide bonds. The predicted octanol–water partition coefficient (Wildman–Crippen LogP) is 1.87. The van der Waals surface area contributed by atoms with Crippen LogP contribution in [0.3, 0.4) is 0 Å². The van der Waals surface area contributed by atoms with Gasteiger partial charge < -0.3 is 5.73 Å². The van der Waals surface area contributed by atoms with Gasteiger partial charge in [-0.2, -0.15) is 5.26 Å². The highest BCUT2D eigenvalue weighted by Crippen LogP contribution is 2.17. The van der Waals surface area contributed by atoms with E-state index in [1.54, 1.807) is 10.8 Å². The van der Waals surface area contributed by atoms with Gasteiger partial charge in [-0.15, -0.1) is 0 Å². The average Bonchev–Trinajstić information content (AvgIpc) is 2.55. The molecule has 6 nitrogen and oxygen atoms in total. The number of fused-ring (bicyclic) bond motifs is 2. The van der Waals surface area contributed by atoms with E-state index in [-0.39, 0.29) is 11.6 Å². The molecule has 0 spiro atoms. The molecule has 0 aliphatic carbocycles. The van der Waals surface area contributed by atoms with E-state index in [9.17, 15) is 10.1 Å². The first-order valence-electron chi connectivity index (χ1n) is 7.54. The number of pyridine rings is 2. The molecule has 0 aromatic carbocycles. The van der Waals surface area contributed by atoms with E-state index in [0.29, 0.717) is 28.1 Å². The molecule has 0 radical (unpaired) electrons. The third-order valence-electron chi connectivity index (χ3n) is 4.19. The summed E-state index contributed by atoms with van der Waals surface area (Å²) in [7, 11) is 0. The lowest BCUT2D eigenvalue weighted by atomic mass is 10.1. The SMILES string of the molecule is CC[C@@H](C)[n+]1c(N)c(C#N)cc2c(=O)n3cc(C)ccc3nc21. The molecule has 1 atom stereocenters. The summed E-state index contributed by atoms with van der Waals surface area (Å²) in [5, 5.41) is 9.73. The van der Waals surface area contributed by atoms with E-state index in [1.807, 2.05) is 32.9 Å². The molecule has 3 heterocycles. The maximum atomic E-state index is 12.8. The third kappa shape index (κ3) is 2.21. The number of anilines is 1. The molecule has 3 aromatic rings. The molecule has 0 saturated heterocycles. The summed E-state index contributed by atoms with van der Waals surface area (Å²) >= 11 is 0. The van der Waals surface area contributed by atoms with Crippen molar-refractivity contribution >= 4 is 22.5 Å². The lowest BCUT2D eigenvalue weighted by Crippen LogP contribution is -2.44. The number of rotatable bonds is 2. The lowest BCUT2D eigenvalue weighted by Gasteiger charge is -2.14. The molecule has 0 saturated carbocycles. The van der Waals surface area contributed by atoms with Gasteiger partial charge in [0.2, 0.25) is 11.5 Å². The Labute approximate surface area is 133 Å². The highest BCUT2D eigenvalue weighted by atomic mass is 16.1. The highest BCUT2D eigenvalue weighted by Gasteiger charge is 2.23. The second kappa shape index (κ2) is 5.36. The second-order valence-corrected chi connectivity index (χ2v) is 5.77. The van der Waals surface area contributed by atoms with E-state index < -0.39 is 0 Å². The van der Waals surface area contributed by atoms with Gasteiger partial charge in [-0.3, -0.25) is 9.20 Å². The molecule has 3 rings (SSSR count). The number of nitrogens with two attached hydrogens (primary N) is 1. The monoisotopic (exact) mass is 308 g/mol. The van der Waals surface area contributed by atoms with Crippen LogP contribution in [0, 0.1) is 18.3 Å². The van der Waals surface area contributed by atoms with Crippen molar-refractivity contribution in [2.75, 3.05) is 5.73 Å². The van der Waals surface area contributed by atoms with Crippen LogP contribution in [-0.4, -0.2) is 9.38 Å². The van der Waals surface area contributed by atoms with Gasteiger partial charge >= 0.3 is 0 Å². The zero-order valence-electron chi connectivity index (χ0n) is 13.4. The van der Waals surface area contributed by atoms with Crippen LogP contribution in [0.5, 0.6) is 0 Å². The molecule has 0 fully saturated rings. The number of aryl methyl sites for hydroxylation is 1. The van der Waals surface area contributed by atoms with Crippen molar-refractivity contribution in [1.82, 2.24) is 9.38 Å². The van der Waals surface area contributed by atoms with Gasteiger partial charge in [0.1, 0.15) is 17.0 Å². The molecule has 3 aromatic heterocycles. The maximum Gasteiger partial charge on any atom is 0.278 e. The van der Waals surface area contributed by atoms with Gasteiger partial charge in [0.25, 0.3) is 11.2 Å². The Kier molecular flexibility index (Phi) is 3.49. The smallest absolute Gasteiger partial charge is 0.278 e. The zero-order chi connectivity index (χ0) is 16.7. The average molecular weight is 308 g/mol. The number of nitrogen functional groups attached to an aromatic ring is 1. The normalized spacial score (nSPS) is 12.4. The summed E-state index contributed by atoms with van der Waals surface area (Å²) in [6, 6.07) is 7.36. The van der Waals surface area contributed by atoms with Crippen molar-refractivity contribution in [3.63, 3.8) is 0 Å². The molecular formula is C17H18N5O+. The minimum absolute atomic E-state index is 0.0330. The van der Waals surface area contributed by atoms with Crippen LogP contribution in [0.25, 0.3) is 16.7 Å². The summed E-state index contributed by atoms with van der Waals surface area (Å²) in [5.41, 5.74) is 8.30. The van der Waals surface area contributed by atoms with Crippen molar-refractivity contribution < 1.29 is 4.57 Å². The Morgan fingerprint density at radius 3 is 2.87 bits per heavy atom. The number of nitrogens with zero attached hydrogens (tertiary/aromatic N) is 4. The summed E-state index contributed by atoms with van der Waals surface area (Å²) in [6.45, 7) is 5.94. The van der Waals surface area contributed by atoms with Crippen LogP contribution < -0.4 is 15.9 Å². The highest BCUT2D eigenvalue weighted by molar-refractivity contribution is 5.76. The predicted molar refractivity (Wildman–Crippen MR) is 88.0 cm³/mol. The summed E-state index contributed by atoms with van der Waals surface area (Å²) in [5.74, 6) is 0.345. The lowest BCUT2D eigenvalue weighted by molar-refractivity contribution is -0.683. The Morgan fingerprint density at radius 2 is 2.22 bits per heavy atom. The van der Waals surface area contributed by atoms with Crippen molar-refractivity contribution in [2.45, 2.75) is 33.2 Å². The number of aromatic nitrogens is 3. The van der Waals surface area contributed by atoms with Crippen molar-refractivity contribution in [3.05, 3.63) is 45.9 Å². The molecule has 0 unspecified atom stereocenters. The Bertz CT molecular complexity index is 1030. The number of hydrogen-bond donors (Lipinski definition) is 1. The molecule has 23 heavy (non-hydrogen) atoms. The van der Waals surface area contributed by atoms with E-state index in [2.05, 4.69) is 11.1 Å². The zero-order valence-corrected chi connectivity index (χ0v) is 13.4. The van der Waals surface area contributed by atoms with Crippen LogP contribution in [-0.2, 0) is 0 Å². The Balaban J connectivity index is 2.58. The maximum absolute atomic E-state index is 12.8. The van der Waals surface area contributed by atoms with Gasteiger partial charge in [-0.1, -0.05) is 18.0 Å². The number of hydrogen-bond acceptors (Lipinski definition) is 4. The standard InChI is InChI=1S/C17H17N5O/c1-4-11(3)22-15(19)12(8-18)7-13-16(22)20-14-6-5-10(2)9-21(14)17(13)23/h5-7,9,11,19H,4H2,1-3H3/p+1/t11-/m1/s1. The fourth-order valence-corrected chi connectivity index (χ4v) is 2.74. The van der Waals surface area contributed by atoms with Crippen molar-refractivity contribution in [2.24, 2.45) is 0 Å². The van der Waals surface area contributed by atoms with Crippen LogP contribution in [0.1, 0.15) is 37.4 Å². The van der Waals surface area contributed by atoms with E-state index in [1.165, 1.54) is 10.5 Å². The van der Waals surface area contributed by atoms with Gasteiger partial charge in [0.05, 0.1) is 6.04 Å².